The number of amides is 1. The lowest BCUT2D eigenvalue weighted by Crippen LogP contribution is -2.33. The van der Waals surface area contributed by atoms with Gasteiger partial charge in [0.05, 0.1) is 0 Å². The molecule has 170 valence electrons. The highest BCUT2D eigenvalue weighted by Gasteiger charge is 2.14. The van der Waals surface area contributed by atoms with Gasteiger partial charge < -0.3 is 14.2 Å². The van der Waals surface area contributed by atoms with Gasteiger partial charge in [0.15, 0.2) is 22.3 Å². The van der Waals surface area contributed by atoms with E-state index in [-0.39, 0.29) is 10.9 Å². The van der Waals surface area contributed by atoms with Gasteiger partial charge in [0.2, 0.25) is 0 Å². The number of hydrogen-bond acceptors (Lipinski definition) is 5. The van der Waals surface area contributed by atoms with Crippen molar-refractivity contribution in [3.8, 4) is 0 Å². The van der Waals surface area contributed by atoms with E-state index in [2.05, 4.69) is 41.6 Å². The Morgan fingerprint density at radius 3 is 2.53 bits per heavy atom. The van der Waals surface area contributed by atoms with E-state index in [9.17, 15) is 4.79 Å². The Hall–Kier alpha value is -3.97. The number of nitrogens with zero attached hydrogens (tertiary/aromatic N) is 1. The molecule has 1 amide bonds. The highest BCUT2D eigenvalue weighted by atomic mass is 32.1. The first-order chi connectivity index (χ1) is 16.4. The van der Waals surface area contributed by atoms with Crippen LogP contribution in [-0.4, -0.2) is 16.0 Å². The van der Waals surface area contributed by atoms with E-state index in [4.69, 9.17) is 21.1 Å². The monoisotopic (exact) mass is 469 g/mol. The van der Waals surface area contributed by atoms with Crippen molar-refractivity contribution in [1.82, 2.24) is 10.3 Å². The molecule has 0 saturated heterocycles. The second-order valence-corrected chi connectivity index (χ2v) is 8.83. The molecule has 0 aliphatic heterocycles. The first-order valence-corrected chi connectivity index (χ1v) is 11.4. The van der Waals surface area contributed by atoms with E-state index in [1.54, 1.807) is 6.07 Å². The minimum Gasteiger partial charge on any atom is -0.451 e. The van der Waals surface area contributed by atoms with Crippen LogP contribution < -0.4 is 10.6 Å². The molecule has 0 radical (unpaired) electrons. The van der Waals surface area contributed by atoms with Crippen LogP contribution in [0.5, 0.6) is 0 Å². The van der Waals surface area contributed by atoms with E-state index in [0.29, 0.717) is 23.8 Å². The molecule has 0 spiro atoms. The Kier molecular flexibility index (Phi) is 5.86. The number of benzene rings is 3. The molecule has 0 aliphatic rings. The van der Waals surface area contributed by atoms with Crippen LogP contribution in [0.2, 0.25) is 0 Å². The first kappa shape index (κ1) is 21.9. The molecule has 2 N–H and O–H groups in total. The molecule has 6 nitrogen and oxygen atoms in total. The maximum Gasteiger partial charge on any atom is 0.293 e. The average Bonchev–Trinajstić information content (AvgIpc) is 3.43. The molecule has 2 aromatic heterocycles. The lowest BCUT2D eigenvalue weighted by Gasteiger charge is -2.09. The summed E-state index contributed by atoms with van der Waals surface area (Å²) in [6.07, 6.45) is 0.583. The third-order valence-electron chi connectivity index (χ3n) is 5.57. The summed E-state index contributed by atoms with van der Waals surface area (Å²) in [7, 11) is 0. The van der Waals surface area contributed by atoms with Crippen LogP contribution in [0.15, 0.2) is 81.6 Å². The van der Waals surface area contributed by atoms with Gasteiger partial charge in [0, 0.05) is 17.5 Å². The molecule has 5 rings (SSSR count). The molecule has 0 unspecified atom stereocenters. The van der Waals surface area contributed by atoms with E-state index >= 15 is 0 Å². The molecule has 0 fully saturated rings. The van der Waals surface area contributed by atoms with Crippen LogP contribution in [0, 0.1) is 0 Å². The van der Waals surface area contributed by atoms with Crippen molar-refractivity contribution in [2.45, 2.75) is 26.2 Å². The zero-order valence-corrected chi connectivity index (χ0v) is 19.6. The van der Waals surface area contributed by atoms with Crippen molar-refractivity contribution in [2.24, 2.45) is 0 Å². The van der Waals surface area contributed by atoms with Gasteiger partial charge in [-0.15, -0.1) is 0 Å². The van der Waals surface area contributed by atoms with Crippen molar-refractivity contribution < 1.29 is 13.6 Å². The minimum atomic E-state index is -0.401. The minimum absolute atomic E-state index is 0.193. The number of thiocarbonyl (C=S) groups is 1. The number of fused-ring (bicyclic) bond motifs is 2. The van der Waals surface area contributed by atoms with Crippen LogP contribution in [0.1, 0.15) is 47.3 Å². The standard InChI is InChI=1S/C27H23N3O3S/c1-16(2)18-9-12-23-21(14-18)29-25(33-23)13-17-7-10-20(11-8-17)28-27(34)30-26(31)24-15-19-5-3-4-6-22(19)32-24/h3-12,14-16H,13H2,1-2H3,(H2,28,30,31,34). The number of hydrogen-bond donors (Lipinski definition) is 2. The molecule has 0 bridgehead atoms. The third-order valence-corrected chi connectivity index (χ3v) is 5.77. The van der Waals surface area contributed by atoms with Crippen molar-refractivity contribution in [1.29, 1.82) is 0 Å². The van der Waals surface area contributed by atoms with Gasteiger partial charge >= 0.3 is 0 Å². The molecule has 0 atom stereocenters. The molecule has 0 saturated carbocycles. The summed E-state index contributed by atoms with van der Waals surface area (Å²) in [6.45, 7) is 4.32. The van der Waals surface area contributed by atoms with Crippen molar-refractivity contribution in [3.63, 3.8) is 0 Å². The molecular formula is C27H23N3O3S. The van der Waals surface area contributed by atoms with Crippen LogP contribution in [-0.2, 0) is 6.42 Å². The SMILES string of the molecule is CC(C)c1ccc2oc(Cc3ccc(NC(=S)NC(=O)c4cc5ccccc5o4)cc3)nc2c1. The van der Waals surface area contributed by atoms with Crippen molar-refractivity contribution in [2.75, 3.05) is 5.32 Å². The fraction of sp³-hybridized carbons (Fsp3) is 0.148. The lowest BCUT2D eigenvalue weighted by atomic mass is 10.0. The topological polar surface area (TPSA) is 80.3 Å². The zero-order valence-electron chi connectivity index (χ0n) is 18.8. The highest BCUT2D eigenvalue weighted by molar-refractivity contribution is 7.80. The fourth-order valence-electron chi connectivity index (χ4n) is 3.73. The number of carbonyl (C=O) groups excluding carboxylic acids is 1. The predicted octanol–water partition coefficient (Wildman–Crippen LogP) is 6.42. The normalized spacial score (nSPS) is 11.3. The van der Waals surface area contributed by atoms with Gasteiger partial charge in [-0.1, -0.05) is 50.2 Å². The number of rotatable bonds is 5. The number of oxazole rings is 1. The Balaban J connectivity index is 1.20. The maximum absolute atomic E-state index is 12.5. The van der Waals surface area contributed by atoms with Crippen molar-refractivity contribution >= 4 is 51.0 Å². The molecule has 34 heavy (non-hydrogen) atoms. The van der Waals surface area contributed by atoms with Crippen molar-refractivity contribution in [3.05, 3.63) is 95.6 Å². The summed E-state index contributed by atoms with van der Waals surface area (Å²) in [5.74, 6) is 0.922. The summed E-state index contributed by atoms with van der Waals surface area (Å²) in [4.78, 5) is 17.1. The quantitative estimate of drug-likeness (QED) is 0.289. The van der Waals surface area contributed by atoms with Crippen LogP contribution in [0.25, 0.3) is 22.1 Å². The van der Waals surface area contributed by atoms with E-state index < -0.39 is 5.91 Å². The average molecular weight is 470 g/mol. The van der Waals surface area contributed by atoms with Gasteiger partial charge in [-0.2, -0.15) is 0 Å². The Labute approximate surface area is 202 Å². The number of nitrogens with one attached hydrogen (secondary N) is 2. The predicted molar refractivity (Wildman–Crippen MR) is 137 cm³/mol. The van der Waals surface area contributed by atoms with Crippen LogP contribution >= 0.6 is 12.2 Å². The summed E-state index contributed by atoms with van der Waals surface area (Å²) >= 11 is 5.29. The third kappa shape index (κ3) is 4.70. The summed E-state index contributed by atoms with van der Waals surface area (Å²) in [6, 6.07) is 23.0. The first-order valence-electron chi connectivity index (χ1n) is 11.0. The van der Waals surface area contributed by atoms with E-state index in [1.165, 1.54) is 5.56 Å². The van der Waals surface area contributed by atoms with E-state index in [0.717, 1.165) is 27.7 Å². The maximum atomic E-state index is 12.5. The molecule has 5 aromatic rings. The number of carbonyl (C=O) groups is 1. The lowest BCUT2D eigenvalue weighted by molar-refractivity contribution is 0.0953. The highest BCUT2D eigenvalue weighted by Crippen LogP contribution is 2.23. The Bertz CT molecular complexity index is 1470. The summed E-state index contributed by atoms with van der Waals surface area (Å²) in [5.41, 5.74) is 5.39. The molecule has 0 aliphatic carbocycles. The van der Waals surface area contributed by atoms with E-state index in [1.807, 2.05) is 54.6 Å². The van der Waals surface area contributed by atoms with Crippen LogP contribution in [0.4, 0.5) is 5.69 Å². The molecule has 7 heteroatoms. The number of para-hydroxylation sites is 1. The Morgan fingerprint density at radius 2 is 1.76 bits per heavy atom. The van der Waals surface area contributed by atoms with Crippen LogP contribution in [0.3, 0.4) is 0 Å². The summed E-state index contributed by atoms with van der Waals surface area (Å²) < 4.78 is 11.5. The molecule has 2 heterocycles. The Morgan fingerprint density at radius 1 is 0.971 bits per heavy atom. The molecular weight excluding hydrogens is 446 g/mol. The van der Waals surface area contributed by atoms with Gasteiger partial charge in [-0.05, 0) is 65.7 Å². The fourth-order valence-corrected chi connectivity index (χ4v) is 3.94. The number of aromatic nitrogens is 1. The zero-order chi connectivity index (χ0) is 23.7. The largest absolute Gasteiger partial charge is 0.451 e. The van der Waals surface area contributed by atoms with Gasteiger partial charge in [-0.3, -0.25) is 10.1 Å². The summed E-state index contributed by atoms with van der Waals surface area (Å²) in [5, 5.41) is 6.73. The van der Waals surface area contributed by atoms with Gasteiger partial charge in [0.25, 0.3) is 5.91 Å². The van der Waals surface area contributed by atoms with Gasteiger partial charge in [0.1, 0.15) is 11.1 Å². The smallest absolute Gasteiger partial charge is 0.293 e. The number of furan rings is 1. The second-order valence-electron chi connectivity index (χ2n) is 8.42. The second kappa shape index (κ2) is 9.11. The van der Waals surface area contributed by atoms with Gasteiger partial charge in [-0.25, -0.2) is 4.98 Å². The number of anilines is 1. The molecule has 3 aromatic carbocycles.